The number of para-hydroxylation sites is 1. The third-order valence-corrected chi connectivity index (χ3v) is 4.96. The molecule has 1 heterocycles. The predicted octanol–water partition coefficient (Wildman–Crippen LogP) is 3.51. The molecule has 0 bridgehead atoms. The van der Waals surface area contributed by atoms with Gasteiger partial charge in [-0.2, -0.15) is 5.10 Å². The number of pyridine rings is 1. The first kappa shape index (κ1) is 18.0. The van der Waals surface area contributed by atoms with Crippen molar-refractivity contribution in [1.82, 2.24) is 10.4 Å². The lowest BCUT2D eigenvalue weighted by Crippen LogP contribution is -2.20. The van der Waals surface area contributed by atoms with Crippen LogP contribution in [0.25, 0.3) is 10.9 Å². The van der Waals surface area contributed by atoms with Crippen molar-refractivity contribution in [2.24, 2.45) is 11.0 Å². The number of ether oxygens (including phenoxy) is 2. The van der Waals surface area contributed by atoms with Crippen molar-refractivity contribution in [3.05, 3.63) is 65.9 Å². The third-order valence-electron chi connectivity index (χ3n) is 4.96. The average molecular weight is 375 g/mol. The number of benzene rings is 2. The quantitative estimate of drug-likeness (QED) is 0.529. The first-order valence-electron chi connectivity index (χ1n) is 9.09. The molecule has 0 aliphatic heterocycles. The Labute approximate surface area is 163 Å². The van der Waals surface area contributed by atoms with Crippen molar-refractivity contribution in [3.63, 3.8) is 0 Å². The second kappa shape index (κ2) is 7.68. The Balaban J connectivity index is 1.37. The number of carbonyl (C=O) groups excluding carboxylic acids is 1. The monoisotopic (exact) mass is 375 g/mol. The molecule has 6 heteroatoms. The molecule has 2 atom stereocenters. The molecule has 0 saturated heterocycles. The van der Waals surface area contributed by atoms with E-state index in [1.165, 1.54) is 0 Å². The zero-order valence-corrected chi connectivity index (χ0v) is 15.8. The summed E-state index contributed by atoms with van der Waals surface area (Å²) in [4.78, 5) is 16.9. The zero-order valence-electron chi connectivity index (χ0n) is 15.8. The molecule has 142 valence electrons. The minimum atomic E-state index is -0.0742. The summed E-state index contributed by atoms with van der Waals surface area (Å²) in [7, 11) is 3.17. The highest BCUT2D eigenvalue weighted by Gasteiger charge is 2.44. The molecule has 1 amide bonds. The Hall–Kier alpha value is -3.41. The number of amides is 1. The lowest BCUT2D eigenvalue weighted by atomic mass is 10.1. The summed E-state index contributed by atoms with van der Waals surface area (Å²) in [6.45, 7) is 0. The number of hydrogen-bond donors (Lipinski definition) is 1. The van der Waals surface area contributed by atoms with Crippen molar-refractivity contribution < 1.29 is 14.3 Å². The van der Waals surface area contributed by atoms with Crippen LogP contribution in [-0.4, -0.2) is 31.3 Å². The van der Waals surface area contributed by atoms with E-state index in [9.17, 15) is 4.79 Å². The van der Waals surface area contributed by atoms with Crippen molar-refractivity contribution in [2.75, 3.05) is 14.2 Å². The minimum absolute atomic E-state index is 0.0643. The summed E-state index contributed by atoms with van der Waals surface area (Å²) in [5.74, 6) is 1.33. The van der Waals surface area contributed by atoms with E-state index >= 15 is 0 Å². The van der Waals surface area contributed by atoms with Crippen LogP contribution in [0, 0.1) is 5.92 Å². The fourth-order valence-electron chi connectivity index (χ4n) is 3.33. The Morgan fingerprint density at radius 3 is 2.79 bits per heavy atom. The van der Waals surface area contributed by atoms with Crippen LogP contribution in [0.5, 0.6) is 11.5 Å². The highest BCUT2D eigenvalue weighted by molar-refractivity contribution is 5.86. The summed E-state index contributed by atoms with van der Waals surface area (Å²) in [5, 5.41) is 5.17. The van der Waals surface area contributed by atoms with Gasteiger partial charge in [-0.15, -0.1) is 0 Å². The van der Waals surface area contributed by atoms with Gasteiger partial charge in [0.05, 0.1) is 26.0 Å². The van der Waals surface area contributed by atoms with E-state index in [1.54, 1.807) is 32.6 Å². The van der Waals surface area contributed by atoms with E-state index in [0.29, 0.717) is 11.5 Å². The number of aromatic nitrogens is 1. The lowest BCUT2D eigenvalue weighted by molar-refractivity contribution is -0.122. The number of nitrogens with zero attached hydrogens (tertiary/aromatic N) is 2. The van der Waals surface area contributed by atoms with Crippen LogP contribution in [0.3, 0.4) is 0 Å². The van der Waals surface area contributed by atoms with Gasteiger partial charge in [0.2, 0.25) is 5.91 Å². The lowest BCUT2D eigenvalue weighted by Gasteiger charge is -2.07. The SMILES string of the molecule is COc1ccc(/C=N/NC(=O)C2CC2c2cnc3ccccc3c2)cc1OC. The van der Waals surface area contributed by atoms with E-state index in [4.69, 9.17) is 9.47 Å². The van der Waals surface area contributed by atoms with Gasteiger partial charge in [-0.25, -0.2) is 5.43 Å². The van der Waals surface area contributed by atoms with Crippen LogP contribution in [-0.2, 0) is 4.79 Å². The molecule has 1 aliphatic carbocycles. The molecule has 2 unspecified atom stereocenters. The van der Waals surface area contributed by atoms with Gasteiger partial charge >= 0.3 is 0 Å². The molecule has 28 heavy (non-hydrogen) atoms. The predicted molar refractivity (Wildman–Crippen MR) is 108 cm³/mol. The van der Waals surface area contributed by atoms with Gasteiger partial charge < -0.3 is 9.47 Å². The first-order valence-corrected chi connectivity index (χ1v) is 9.09. The molecule has 6 nitrogen and oxygen atoms in total. The maximum atomic E-state index is 12.4. The van der Waals surface area contributed by atoms with Gasteiger partial charge in [0.15, 0.2) is 11.5 Å². The van der Waals surface area contributed by atoms with Gasteiger partial charge in [-0.05, 0) is 53.8 Å². The summed E-state index contributed by atoms with van der Waals surface area (Å²) >= 11 is 0. The van der Waals surface area contributed by atoms with Crippen LogP contribution in [0.2, 0.25) is 0 Å². The Morgan fingerprint density at radius 2 is 1.96 bits per heavy atom. The smallest absolute Gasteiger partial charge is 0.243 e. The molecule has 1 fully saturated rings. The second-order valence-electron chi connectivity index (χ2n) is 6.76. The zero-order chi connectivity index (χ0) is 19.5. The number of rotatable bonds is 6. The fraction of sp³-hybridized carbons (Fsp3) is 0.227. The summed E-state index contributed by atoms with van der Waals surface area (Å²) in [5.41, 5.74) is 5.51. The minimum Gasteiger partial charge on any atom is -0.493 e. The van der Waals surface area contributed by atoms with E-state index in [0.717, 1.165) is 28.5 Å². The van der Waals surface area contributed by atoms with Crippen molar-refractivity contribution in [3.8, 4) is 11.5 Å². The average Bonchev–Trinajstić information content (AvgIpc) is 3.54. The van der Waals surface area contributed by atoms with Gasteiger partial charge in [0.25, 0.3) is 0 Å². The van der Waals surface area contributed by atoms with E-state index in [2.05, 4.69) is 21.6 Å². The van der Waals surface area contributed by atoms with Crippen LogP contribution in [0.4, 0.5) is 0 Å². The number of nitrogens with one attached hydrogen (secondary N) is 1. The summed E-state index contributed by atoms with van der Waals surface area (Å²) in [6, 6.07) is 15.5. The van der Waals surface area contributed by atoms with Crippen molar-refractivity contribution >= 4 is 23.0 Å². The molecule has 3 aromatic rings. The topological polar surface area (TPSA) is 72.8 Å². The van der Waals surface area contributed by atoms with Crippen molar-refractivity contribution in [1.29, 1.82) is 0 Å². The van der Waals surface area contributed by atoms with Gasteiger partial charge in [0.1, 0.15) is 0 Å². The summed E-state index contributed by atoms with van der Waals surface area (Å²) in [6.07, 6.45) is 4.28. The Bertz CT molecular complexity index is 1050. The van der Waals surface area contributed by atoms with Crippen LogP contribution >= 0.6 is 0 Å². The van der Waals surface area contributed by atoms with Crippen LogP contribution in [0.15, 0.2) is 59.8 Å². The standard InChI is InChI=1S/C22H21N3O3/c1-27-20-8-7-14(9-21(20)28-2)12-24-25-22(26)18-11-17(18)16-10-15-5-3-4-6-19(15)23-13-16/h3-10,12-13,17-18H,11H2,1-2H3,(H,25,26)/b24-12+. The maximum Gasteiger partial charge on any atom is 0.243 e. The normalized spacial score (nSPS) is 18.2. The molecular weight excluding hydrogens is 354 g/mol. The van der Waals surface area contributed by atoms with Crippen LogP contribution < -0.4 is 14.9 Å². The number of carbonyl (C=O) groups is 1. The van der Waals surface area contributed by atoms with E-state index in [-0.39, 0.29) is 17.7 Å². The largest absolute Gasteiger partial charge is 0.493 e. The number of hydrazone groups is 1. The maximum absolute atomic E-state index is 12.4. The molecule has 2 aromatic carbocycles. The number of fused-ring (bicyclic) bond motifs is 1. The van der Waals surface area contributed by atoms with Gasteiger partial charge in [0, 0.05) is 17.5 Å². The highest BCUT2D eigenvalue weighted by atomic mass is 16.5. The highest BCUT2D eigenvalue weighted by Crippen LogP contribution is 2.47. The number of methoxy groups -OCH3 is 2. The Morgan fingerprint density at radius 1 is 1.14 bits per heavy atom. The molecule has 0 spiro atoms. The fourth-order valence-corrected chi connectivity index (χ4v) is 3.33. The molecular formula is C22H21N3O3. The number of hydrogen-bond acceptors (Lipinski definition) is 5. The van der Waals surface area contributed by atoms with Crippen LogP contribution in [0.1, 0.15) is 23.5 Å². The first-order chi connectivity index (χ1) is 13.7. The van der Waals surface area contributed by atoms with E-state index in [1.807, 2.05) is 36.5 Å². The molecule has 1 aromatic heterocycles. The summed E-state index contributed by atoms with van der Waals surface area (Å²) < 4.78 is 10.5. The third kappa shape index (κ3) is 3.67. The second-order valence-corrected chi connectivity index (χ2v) is 6.76. The molecule has 1 saturated carbocycles. The molecule has 1 N–H and O–H groups in total. The molecule has 0 radical (unpaired) electrons. The van der Waals surface area contributed by atoms with Gasteiger partial charge in [-0.3, -0.25) is 9.78 Å². The van der Waals surface area contributed by atoms with E-state index < -0.39 is 0 Å². The molecule has 4 rings (SSSR count). The van der Waals surface area contributed by atoms with Crippen molar-refractivity contribution in [2.45, 2.75) is 12.3 Å². The van der Waals surface area contributed by atoms with Gasteiger partial charge in [-0.1, -0.05) is 18.2 Å². The Kier molecular flexibility index (Phi) is 4.93. The molecule has 1 aliphatic rings.